The Hall–Kier alpha value is -1.04. The third kappa shape index (κ3) is 2.31. The van der Waals surface area contributed by atoms with Crippen LogP contribution in [0.15, 0.2) is 11.5 Å². The molecule has 1 heterocycles. The maximum absolute atomic E-state index is 11.2. The summed E-state index contributed by atoms with van der Waals surface area (Å²) in [6.45, 7) is 1.81. The molecule has 0 aliphatic heterocycles. The highest BCUT2D eigenvalue weighted by Crippen LogP contribution is 2.37. The van der Waals surface area contributed by atoms with Crippen molar-refractivity contribution < 1.29 is 9.53 Å². The molecule has 1 aromatic heterocycles. The number of hydrogen-bond acceptors (Lipinski definition) is 5. The second-order valence-corrected chi connectivity index (χ2v) is 4.84. The lowest BCUT2D eigenvalue weighted by atomic mass is 10.5. The van der Waals surface area contributed by atoms with Crippen LogP contribution < -0.4 is 0 Å². The van der Waals surface area contributed by atoms with E-state index in [2.05, 4.69) is 14.9 Å². The first kappa shape index (κ1) is 10.5. The molecule has 0 bridgehead atoms. The SMILES string of the molecule is COC(=O)C(C)Sc1nncn1C1CC1. The Kier molecular flexibility index (Phi) is 2.95. The summed E-state index contributed by atoms with van der Waals surface area (Å²) >= 11 is 1.39. The number of hydrogen-bond donors (Lipinski definition) is 0. The number of carbonyl (C=O) groups is 1. The van der Waals surface area contributed by atoms with Crippen LogP contribution in [0.3, 0.4) is 0 Å². The van der Waals surface area contributed by atoms with Gasteiger partial charge in [0, 0.05) is 6.04 Å². The number of nitrogens with zero attached hydrogens (tertiary/aromatic N) is 3. The van der Waals surface area contributed by atoms with Crippen molar-refractivity contribution in [3.8, 4) is 0 Å². The van der Waals surface area contributed by atoms with Crippen LogP contribution in [0.25, 0.3) is 0 Å². The van der Waals surface area contributed by atoms with Gasteiger partial charge in [-0.3, -0.25) is 4.79 Å². The molecule has 1 saturated carbocycles. The van der Waals surface area contributed by atoms with Crippen molar-refractivity contribution in [2.45, 2.75) is 36.2 Å². The molecular weight excluding hydrogens is 214 g/mol. The molecule has 0 amide bonds. The summed E-state index contributed by atoms with van der Waals surface area (Å²) < 4.78 is 6.69. The molecule has 5 nitrogen and oxygen atoms in total. The molecule has 1 aromatic rings. The van der Waals surface area contributed by atoms with Gasteiger partial charge in [-0.05, 0) is 19.8 Å². The second-order valence-electron chi connectivity index (χ2n) is 3.54. The predicted octanol–water partition coefficient (Wildman–Crippen LogP) is 1.27. The Morgan fingerprint density at radius 3 is 3.07 bits per heavy atom. The minimum atomic E-state index is -0.239. The van der Waals surface area contributed by atoms with E-state index in [1.54, 1.807) is 6.33 Å². The van der Waals surface area contributed by atoms with E-state index in [1.165, 1.54) is 31.7 Å². The minimum absolute atomic E-state index is 0.231. The van der Waals surface area contributed by atoms with Crippen molar-refractivity contribution in [2.24, 2.45) is 0 Å². The molecule has 1 fully saturated rings. The van der Waals surface area contributed by atoms with Gasteiger partial charge in [0.25, 0.3) is 0 Å². The minimum Gasteiger partial charge on any atom is -0.468 e. The first-order valence-corrected chi connectivity index (χ1v) is 5.74. The lowest BCUT2D eigenvalue weighted by Crippen LogP contribution is -2.15. The van der Waals surface area contributed by atoms with Gasteiger partial charge in [-0.1, -0.05) is 11.8 Å². The molecule has 1 atom stereocenters. The van der Waals surface area contributed by atoms with Crippen molar-refractivity contribution in [3.05, 3.63) is 6.33 Å². The van der Waals surface area contributed by atoms with Crippen molar-refractivity contribution in [3.63, 3.8) is 0 Å². The summed E-state index contributed by atoms with van der Waals surface area (Å²) in [5, 5.41) is 8.43. The smallest absolute Gasteiger partial charge is 0.318 e. The van der Waals surface area contributed by atoms with E-state index in [0.29, 0.717) is 6.04 Å². The maximum Gasteiger partial charge on any atom is 0.318 e. The average molecular weight is 227 g/mol. The molecule has 1 aliphatic rings. The van der Waals surface area contributed by atoms with Gasteiger partial charge in [0.05, 0.1) is 7.11 Å². The van der Waals surface area contributed by atoms with Crippen LogP contribution in [-0.2, 0) is 9.53 Å². The first-order chi connectivity index (χ1) is 7.22. The highest BCUT2D eigenvalue weighted by atomic mass is 32.2. The van der Waals surface area contributed by atoms with Gasteiger partial charge in [0.1, 0.15) is 11.6 Å². The number of aromatic nitrogens is 3. The van der Waals surface area contributed by atoms with E-state index in [9.17, 15) is 4.79 Å². The molecule has 82 valence electrons. The standard InChI is InChI=1S/C9H13N3O2S/c1-6(8(13)14-2)15-9-11-10-5-12(9)7-3-4-7/h5-7H,3-4H2,1-2H3. The van der Waals surface area contributed by atoms with Gasteiger partial charge in [0.2, 0.25) is 0 Å². The molecule has 2 rings (SSSR count). The van der Waals surface area contributed by atoms with E-state index in [0.717, 1.165) is 5.16 Å². The Morgan fingerprint density at radius 2 is 2.47 bits per heavy atom. The number of esters is 1. The van der Waals surface area contributed by atoms with Crippen LogP contribution in [-0.4, -0.2) is 33.1 Å². The highest BCUT2D eigenvalue weighted by Gasteiger charge is 2.27. The summed E-state index contributed by atoms with van der Waals surface area (Å²) in [7, 11) is 1.39. The summed E-state index contributed by atoms with van der Waals surface area (Å²) in [5.74, 6) is -0.231. The summed E-state index contributed by atoms with van der Waals surface area (Å²) in [6, 6.07) is 0.535. The monoisotopic (exact) mass is 227 g/mol. The van der Waals surface area contributed by atoms with Gasteiger partial charge >= 0.3 is 5.97 Å². The molecule has 0 aromatic carbocycles. The van der Waals surface area contributed by atoms with Gasteiger partial charge in [-0.25, -0.2) is 0 Å². The third-order valence-electron chi connectivity index (χ3n) is 2.30. The van der Waals surface area contributed by atoms with Crippen molar-refractivity contribution in [1.29, 1.82) is 0 Å². The molecule has 1 aliphatic carbocycles. The van der Waals surface area contributed by atoms with Gasteiger partial charge < -0.3 is 9.30 Å². The quantitative estimate of drug-likeness (QED) is 0.572. The number of carbonyl (C=O) groups excluding carboxylic acids is 1. The van der Waals surface area contributed by atoms with E-state index in [1.807, 2.05) is 11.5 Å². The number of thioether (sulfide) groups is 1. The normalized spacial score (nSPS) is 17.5. The van der Waals surface area contributed by atoms with Crippen LogP contribution in [0, 0.1) is 0 Å². The molecule has 0 radical (unpaired) electrons. The predicted molar refractivity (Wildman–Crippen MR) is 55.6 cm³/mol. The van der Waals surface area contributed by atoms with E-state index in [4.69, 9.17) is 0 Å². The zero-order valence-electron chi connectivity index (χ0n) is 8.71. The van der Waals surface area contributed by atoms with Crippen molar-refractivity contribution in [2.75, 3.05) is 7.11 Å². The lowest BCUT2D eigenvalue weighted by Gasteiger charge is -2.08. The van der Waals surface area contributed by atoms with Crippen LogP contribution in [0.5, 0.6) is 0 Å². The van der Waals surface area contributed by atoms with Crippen LogP contribution in [0.1, 0.15) is 25.8 Å². The number of rotatable bonds is 4. The molecule has 1 unspecified atom stereocenters. The van der Waals surface area contributed by atoms with E-state index in [-0.39, 0.29) is 11.2 Å². The number of methoxy groups -OCH3 is 1. The summed E-state index contributed by atoms with van der Waals surface area (Å²) in [4.78, 5) is 11.2. The topological polar surface area (TPSA) is 57.0 Å². The molecule has 15 heavy (non-hydrogen) atoms. The zero-order chi connectivity index (χ0) is 10.8. The average Bonchev–Trinajstić information content (AvgIpc) is 2.99. The molecule has 0 saturated heterocycles. The molecule has 0 spiro atoms. The summed E-state index contributed by atoms with van der Waals surface area (Å²) in [5.41, 5.74) is 0. The summed E-state index contributed by atoms with van der Waals surface area (Å²) in [6.07, 6.45) is 4.08. The third-order valence-corrected chi connectivity index (χ3v) is 3.35. The van der Waals surface area contributed by atoms with Gasteiger partial charge in [0.15, 0.2) is 5.16 Å². The fourth-order valence-electron chi connectivity index (χ4n) is 1.29. The van der Waals surface area contributed by atoms with Gasteiger partial charge in [-0.2, -0.15) is 0 Å². The lowest BCUT2D eigenvalue weighted by molar-refractivity contribution is -0.139. The van der Waals surface area contributed by atoms with E-state index >= 15 is 0 Å². The Balaban J connectivity index is 2.03. The van der Waals surface area contributed by atoms with Crippen LogP contribution in [0.2, 0.25) is 0 Å². The second kappa shape index (κ2) is 4.22. The van der Waals surface area contributed by atoms with E-state index < -0.39 is 0 Å². The van der Waals surface area contributed by atoms with Crippen molar-refractivity contribution in [1.82, 2.24) is 14.8 Å². The Labute approximate surface area is 92.2 Å². The Bertz CT molecular complexity index is 362. The van der Waals surface area contributed by atoms with Crippen LogP contribution >= 0.6 is 11.8 Å². The first-order valence-electron chi connectivity index (χ1n) is 4.86. The van der Waals surface area contributed by atoms with Crippen LogP contribution in [0.4, 0.5) is 0 Å². The fourth-order valence-corrected chi connectivity index (χ4v) is 2.21. The maximum atomic E-state index is 11.2. The van der Waals surface area contributed by atoms with Gasteiger partial charge in [-0.15, -0.1) is 10.2 Å². The fraction of sp³-hybridized carbons (Fsp3) is 0.667. The zero-order valence-corrected chi connectivity index (χ0v) is 9.53. The number of ether oxygens (including phenoxy) is 1. The Morgan fingerprint density at radius 1 is 1.73 bits per heavy atom. The molecule has 0 N–H and O–H groups in total. The van der Waals surface area contributed by atoms with Crippen molar-refractivity contribution >= 4 is 17.7 Å². The highest BCUT2D eigenvalue weighted by molar-refractivity contribution is 8.00. The molecule has 6 heteroatoms. The largest absolute Gasteiger partial charge is 0.468 e. The molecular formula is C9H13N3O2S.